The van der Waals surface area contributed by atoms with Crippen molar-refractivity contribution in [3.8, 4) is 5.75 Å². The fourth-order valence-corrected chi connectivity index (χ4v) is 2.22. The summed E-state index contributed by atoms with van der Waals surface area (Å²) in [4.78, 5) is 2.64. The molecule has 0 radical (unpaired) electrons. The van der Waals surface area contributed by atoms with Gasteiger partial charge in [0.25, 0.3) is 0 Å². The van der Waals surface area contributed by atoms with E-state index in [1.165, 1.54) is 19.9 Å². The molecule has 0 aliphatic carbocycles. The molecule has 0 unspecified atom stereocenters. The van der Waals surface area contributed by atoms with Crippen LogP contribution in [0.25, 0.3) is 0 Å². The van der Waals surface area contributed by atoms with Crippen LogP contribution in [-0.4, -0.2) is 17.0 Å². The summed E-state index contributed by atoms with van der Waals surface area (Å²) >= 11 is 0. The molecule has 0 fully saturated rings. The highest BCUT2D eigenvalue weighted by Gasteiger charge is 2.40. The lowest BCUT2D eigenvalue weighted by Crippen LogP contribution is -2.24. The first kappa shape index (κ1) is 19.7. The second-order valence-corrected chi connectivity index (χ2v) is 5.35. The molecule has 0 spiro atoms. The lowest BCUT2D eigenvalue weighted by atomic mass is 10.0. The molecule has 0 aliphatic rings. The number of alkyl halides is 3. The summed E-state index contributed by atoms with van der Waals surface area (Å²) in [6.07, 6.45) is -5.36. The second-order valence-electron chi connectivity index (χ2n) is 5.35. The van der Waals surface area contributed by atoms with Gasteiger partial charge < -0.3 is 5.11 Å². The minimum atomic E-state index is -5.36. The van der Waals surface area contributed by atoms with E-state index in [9.17, 15) is 40.2 Å². The van der Waals surface area contributed by atoms with Crippen molar-refractivity contribution in [1.29, 1.82) is 0 Å². The van der Waals surface area contributed by atoms with Crippen molar-refractivity contribution < 1.29 is 40.2 Å². The number of aliphatic imine (C=N–C) groups is 1. The van der Waals surface area contributed by atoms with Gasteiger partial charge in [-0.2, -0.15) is 13.2 Å². The van der Waals surface area contributed by atoms with Gasteiger partial charge in [-0.05, 0) is 31.0 Å². The van der Waals surface area contributed by atoms with Crippen molar-refractivity contribution in [2.75, 3.05) is 0 Å². The average Bonchev–Trinajstić information content (AvgIpc) is 2.54. The average molecular weight is 383 g/mol. The number of rotatable bonds is 2. The largest absolute Gasteiger partial charge is 0.507 e. The molecule has 1 N–H and O–H groups in total. The summed E-state index contributed by atoms with van der Waals surface area (Å²) in [5, 5.41) is 9.85. The summed E-state index contributed by atoms with van der Waals surface area (Å²) in [6.45, 7) is 2.64. The number of phenols is 1. The van der Waals surface area contributed by atoms with Crippen LogP contribution >= 0.6 is 0 Å². The molecular weight excluding hydrogens is 374 g/mol. The molecule has 140 valence electrons. The quantitative estimate of drug-likeness (QED) is 0.321. The van der Waals surface area contributed by atoms with Gasteiger partial charge in [-0.25, -0.2) is 26.9 Å². The molecular formula is C16H9F8NO. The molecule has 10 heteroatoms. The van der Waals surface area contributed by atoms with Crippen LogP contribution in [0.1, 0.15) is 16.7 Å². The fraction of sp³-hybridized carbons (Fsp3) is 0.188. The molecule has 0 atom stereocenters. The van der Waals surface area contributed by atoms with Gasteiger partial charge in [0.05, 0.1) is 0 Å². The summed E-state index contributed by atoms with van der Waals surface area (Å²) in [5.41, 5.74) is -4.74. The lowest BCUT2D eigenvalue weighted by Gasteiger charge is -2.15. The number of phenolic OH excluding ortho intramolecular Hbond substituents is 1. The highest BCUT2D eigenvalue weighted by atomic mass is 19.4. The highest BCUT2D eigenvalue weighted by Crippen LogP contribution is 2.36. The van der Waals surface area contributed by atoms with Crippen LogP contribution in [-0.2, 0) is 0 Å². The van der Waals surface area contributed by atoms with E-state index in [1.807, 2.05) is 0 Å². The number of aryl methyl sites for hydroxylation is 2. The molecule has 2 rings (SSSR count). The fourth-order valence-electron chi connectivity index (χ4n) is 2.22. The molecule has 0 aromatic heterocycles. The first-order valence-electron chi connectivity index (χ1n) is 6.84. The van der Waals surface area contributed by atoms with Crippen molar-refractivity contribution in [3.05, 3.63) is 57.9 Å². The van der Waals surface area contributed by atoms with Gasteiger partial charge >= 0.3 is 6.18 Å². The third-order valence-electron chi connectivity index (χ3n) is 3.38. The molecule has 0 bridgehead atoms. The Morgan fingerprint density at radius 2 is 1.31 bits per heavy atom. The van der Waals surface area contributed by atoms with Crippen LogP contribution in [0.5, 0.6) is 5.75 Å². The minimum absolute atomic E-state index is 0.00522. The first-order valence-corrected chi connectivity index (χ1v) is 6.84. The Kier molecular flexibility index (Phi) is 4.98. The monoisotopic (exact) mass is 383 g/mol. The molecule has 0 amide bonds. The van der Waals surface area contributed by atoms with E-state index < -0.39 is 58.0 Å². The predicted octanol–water partition coefficient (Wildman–Crippen LogP) is 5.39. The molecule has 2 aromatic carbocycles. The number of halogens is 8. The van der Waals surface area contributed by atoms with Crippen LogP contribution in [0.4, 0.5) is 40.8 Å². The van der Waals surface area contributed by atoms with Crippen LogP contribution in [0, 0.1) is 42.9 Å². The van der Waals surface area contributed by atoms with Gasteiger partial charge in [0, 0.05) is 5.56 Å². The Bertz CT molecular complexity index is 889. The van der Waals surface area contributed by atoms with Crippen molar-refractivity contribution in [3.63, 3.8) is 0 Å². The van der Waals surface area contributed by atoms with Gasteiger partial charge in [0.15, 0.2) is 29.0 Å². The van der Waals surface area contributed by atoms with Crippen LogP contribution in [0.3, 0.4) is 0 Å². The third kappa shape index (κ3) is 3.35. The molecule has 0 saturated heterocycles. The highest BCUT2D eigenvalue weighted by molar-refractivity contribution is 6.08. The molecule has 0 saturated carbocycles. The van der Waals surface area contributed by atoms with Crippen LogP contribution < -0.4 is 0 Å². The maximum absolute atomic E-state index is 13.7. The standard InChI is InChI=1S/C16H9F8NO/c1-5-3-6(2)14(26)7(4-5)15(16(22,23)24)25-13-11(20)9(18)8(17)10(19)12(13)21/h3-4,26H,1-2H3. The zero-order valence-electron chi connectivity index (χ0n) is 13.1. The zero-order valence-corrected chi connectivity index (χ0v) is 13.1. The smallest absolute Gasteiger partial charge is 0.434 e. The summed E-state index contributed by atoms with van der Waals surface area (Å²) in [7, 11) is 0. The van der Waals surface area contributed by atoms with E-state index >= 15 is 0 Å². The predicted molar refractivity (Wildman–Crippen MR) is 76.1 cm³/mol. The Morgan fingerprint density at radius 3 is 1.77 bits per heavy atom. The number of hydrogen-bond acceptors (Lipinski definition) is 2. The first-order chi connectivity index (χ1) is 11.9. The minimum Gasteiger partial charge on any atom is -0.507 e. The van der Waals surface area contributed by atoms with E-state index in [4.69, 9.17) is 0 Å². The van der Waals surface area contributed by atoms with Crippen LogP contribution in [0.15, 0.2) is 17.1 Å². The maximum atomic E-state index is 13.7. The Balaban J connectivity index is 2.88. The number of aromatic hydroxyl groups is 1. The second kappa shape index (κ2) is 6.58. The zero-order chi connectivity index (χ0) is 20.0. The van der Waals surface area contributed by atoms with Gasteiger partial charge in [-0.1, -0.05) is 6.07 Å². The Morgan fingerprint density at radius 1 is 0.846 bits per heavy atom. The summed E-state index contributed by atoms with van der Waals surface area (Å²) in [5.74, 6) is -13.3. The Hall–Kier alpha value is -2.65. The van der Waals surface area contributed by atoms with Crippen molar-refractivity contribution >= 4 is 11.4 Å². The third-order valence-corrected chi connectivity index (χ3v) is 3.38. The van der Waals surface area contributed by atoms with E-state index in [2.05, 4.69) is 4.99 Å². The van der Waals surface area contributed by atoms with E-state index in [1.54, 1.807) is 0 Å². The van der Waals surface area contributed by atoms with Crippen molar-refractivity contribution in [2.45, 2.75) is 20.0 Å². The molecule has 26 heavy (non-hydrogen) atoms. The van der Waals surface area contributed by atoms with Crippen molar-refractivity contribution in [1.82, 2.24) is 0 Å². The van der Waals surface area contributed by atoms with Gasteiger partial charge in [0.1, 0.15) is 11.4 Å². The summed E-state index contributed by atoms with van der Waals surface area (Å²) in [6, 6.07) is 2.14. The van der Waals surface area contributed by atoms with Crippen LogP contribution in [0.2, 0.25) is 0 Å². The maximum Gasteiger partial charge on any atom is 0.434 e. The lowest BCUT2D eigenvalue weighted by molar-refractivity contribution is -0.0581. The number of benzene rings is 2. The van der Waals surface area contributed by atoms with Gasteiger partial charge in [0.2, 0.25) is 5.82 Å². The van der Waals surface area contributed by atoms with E-state index in [-0.39, 0.29) is 11.1 Å². The number of hydrogen-bond donors (Lipinski definition) is 1. The normalized spacial score (nSPS) is 12.6. The molecule has 2 aromatic rings. The van der Waals surface area contributed by atoms with Crippen molar-refractivity contribution in [2.24, 2.45) is 4.99 Å². The molecule has 0 heterocycles. The Labute approximate surface area is 141 Å². The number of nitrogens with zero attached hydrogens (tertiary/aromatic N) is 1. The molecule has 2 nitrogen and oxygen atoms in total. The topological polar surface area (TPSA) is 32.6 Å². The SMILES string of the molecule is Cc1cc(C)c(O)c(C(=Nc2c(F)c(F)c(F)c(F)c2F)C(F)(F)F)c1. The van der Waals surface area contributed by atoms with Gasteiger partial charge in [-0.3, -0.25) is 0 Å². The summed E-state index contributed by atoms with van der Waals surface area (Å²) < 4.78 is 107. The van der Waals surface area contributed by atoms with E-state index in [0.29, 0.717) is 0 Å². The van der Waals surface area contributed by atoms with E-state index in [0.717, 1.165) is 6.07 Å². The molecule has 0 aliphatic heterocycles. The van der Waals surface area contributed by atoms with Gasteiger partial charge in [-0.15, -0.1) is 0 Å².